The average Bonchev–Trinajstić information content (AvgIpc) is 3.20. The molecule has 0 amide bonds. The second-order valence-corrected chi connectivity index (χ2v) is 5.46. The molecule has 0 spiro atoms. The van der Waals surface area contributed by atoms with E-state index in [1.54, 1.807) is 0 Å². The second-order valence-electron chi connectivity index (χ2n) is 5.46. The van der Waals surface area contributed by atoms with Gasteiger partial charge in [0.25, 0.3) is 0 Å². The quantitative estimate of drug-likeness (QED) is 0.760. The molecule has 1 unspecified atom stereocenters. The second kappa shape index (κ2) is 6.79. The smallest absolute Gasteiger partial charge is 0.119 e. The highest BCUT2D eigenvalue weighted by Crippen LogP contribution is 2.29. The zero-order valence-corrected chi connectivity index (χ0v) is 11.6. The van der Waals surface area contributed by atoms with Gasteiger partial charge in [-0.15, -0.1) is 0 Å². The molecule has 18 heavy (non-hydrogen) atoms. The van der Waals surface area contributed by atoms with Crippen molar-refractivity contribution in [1.82, 2.24) is 5.32 Å². The fourth-order valence-electron chi connectivity index (χ4n) is 2.04. The minimum atomic E-state index is 0.545. The Labute approximate surface area is 111 Å². The first-order valence-electron chi connectivity index (χ1n) is 7.23. The van der Waals surface area contributed by atoms with Crippen LogP contribution in [0.1, 0.15) is 38.7 Å². The Kier molecular flexibility index (Phi) is 5.06. The normalized spacial score (nSPS) is 16.6. The van der Waals surface area contributed by atoms with Gasteiger partial charge in [0.15, 0.2) is 0 Å². The number of hydrogen-bond donors (Lipinski definition) is 1. The zero-order chi connectivity index (χ0) is 12.8. The lowest BCUT2D eigenvalue weighted by Crippen LogP contribution is -2.28. The molecule has 0 aromatic heterocycles. The van der Waals surface area contributed by atoms with Gasteiger partial charge in [0.1, 0.15) is 5.75 Å². The van der Waals surface area contributed by atoms with E-state index in [0.717, 1.165) is 31.2 Å². The third-order valence-electron chi connectivity index (χ3n) is 3.39. The summed E-state index contributed by atoms with van der Waals surface area (Å²) in [6.07, 6.45) is 4.97. The first-order chi connectivity index (χ1) is 8.78. The van der Waals surface area contributed by atoms with Gasteiger partial charge in [0.05, 0.1) is 6.61 Å². The molecule has 0 heterocycles. The van der Waals surface area contributed by atoms with Crippen LogP contribution in [0, 0.1) is 5.92 Å². The van der Waals surface area contributed by atoms with Crippen LogP contribution in [0.2, 0.25) is 0 Å². The van der Waals surface area contributed by atoms with Crippen molar-refractivity contribution in [1.29, 1.82) is 0 Å². The molecule has 0 saturated heterocycles. The summed E-state index contributed by atoms with van der Waals surface area (Å²) in [5.74, 6) is 1.84. The lowest BCUT2D eigenvalue weighted by Gasteiger charge is -2.13. The van der Waals surface area contributed by atoms with Crippen molar-refractivity contribution in [3.05, 3.63) is 29.8 Å². The molecule has 0 bridgehead atoms. The maximum Gasteiger partial charge on any atom is 0.119 e. The minimum absolute atomic E-state index is 0.545. The van der Waals surface area contributed by atoms with E-state index >= 15 is 0 Å². The fraction of sp³-hybridized carbons (Fsp3) is 0.625. The lowest BCUT2D eigenvalue weighted by molar-refractivity contribution is 0.299. The van der Waals surface area contributed by atoms with Gasteiger partial charge in [0.2, 0.25) is 0 Å². The summed E-state index contributed by atoms with van der Waals surface area (Å²) in [6, 6.07) is 9.12. The van der Waals surface area contributed by atoms with Crippen molar-refractivity contribution >= 4 is 0 Å². The molecule has 2 rings (SSSR count). The molecule has 2 heteroatoms. The van der Waals surface area contributed by atoms with Crippen LogP contribution in [0.3, 0.4) is 0 Å². The molecule has 1 aromatic rings. The molecule has 0 radical (unpaired) electrons. The van der Waals surface area contributed by atoms with Gasteiger partial charge < -0.3 is 10.1 Å². The van der Waals surface area contributed by atoms with Crippen LogP contribution in [-0.2, 0) is 6.42 Å². The first-order valence-corrected chi connectivity index (χ1v) is 7.23. The van der Waals surface area contributed by atoms with Crippen molar-refractivity contribution in [3.63, 3.8) is 0 Å². The number of ether oxygens (including phenoxy) is 1. The summed E-state index contributed by atoms with van der Waals surface area (Å²) in [7, 11) is 0. The molecule has 1 N–H and O–H groups in total. The summed E-state index contributed by atoms with van der Waals surface area (Å²) < 4.78 is 5.74. The van der Waals surface area contributed by atoms with E-state index in [9.17, 15) is 0 Å². The molecule has 0 aliphatic heterocycles. The standard InChI is InChI=1S/C16H25NO/c1-3-10-17-13(2)11-14-6-8-16(9-7-14)18-12-15-4-5-15/h6-9,13,15,17H,3-5,10-12H2,1-2H3. The van der Waals surface area contributed by atoms with Gasteiger partial charge >= 0.3 is 0 Å². The van der Waals surface area contributed by atoms with Gasteiger partial charge in [-0.2, -0.15) is 0 Å². The molecule has 100 valence electrons. The Morgan fingerprint density at radius 1 is 1.28 bits per heavy atom. The van der Waals surface area contributed by atoms with Crippen molar-refractivity contribution in [2.24, 2.45) is 5.92 Å². The van der Waals surface area contributed by atoms with E-state index in [-0.39, 0.29) is 0 Å². The highest BCUT2D eigenvalue weighted by atomic mass is 16.5. The van der Waals surface area contributed by atoms with E-state index in [2.05, 4.69) is 43.4 Å². The molecule has 1 atom stereocenters. The summed E-state index contributed by atoms with van der Waals surface area (Å²) in [5, 5.41) is 3.51. The van der Waals surface area contributed by atoms with Crippen molar-refractivity contribution < 1.29 is 4.74 Å². The van der Waals surface area contributed by atoms with Crippen LogP contribution < -0.4 is 10.1 Å². The van der Waals surface area contributed by atoms with Crippen LogP contribution in [0.15, 0.2) is 24.3 Å². The molecular formula is C16H25NO. The maximum absolute atomic E-state index is 5.74. The van der Waals surface area contributed by atoms with Gasteiger partial charge in [-0.25, -0.2) is 0 Å². The van der Waals surface area contributed by atoms with Crippen molar-refractivity contribution in [2.45, 2.75) is 45.6 Å². The highest BCUT2D eigenvalue weighted by molar-refractivity contribution is 5.27. The SMILES string of the molecule is CCCNC(C)Cc1ccc(OCC2CC2)cc1. The average molecular weight is 247 g/mol. The number of nitrogens with one attached hydrogen (secondary N) is 1. The molecule has 1 fully saturated rings. The predicted molar refractivity (Wildman–Crippen MR) is 76.1 cm³/mol. The van der Waals surface area contributed by atoms with E-state index in [1.807, 2.05) is 0 Å². The molecule has 1 aromatic carbocycles. The third kappa shape index (κ3) is 4.69. The minimum Gasteiger partial charge on any atom is -0.493 e. The van der Waals surface area contributed by atoms with Crippen molar-refractivity contribution in [2.75, 3.05) is 13.2 Å². The monoisotopic (exact) mass is 247 g/mol. The van der Waals surface area contributed by atoms with E-state index in [0.29, 0.717) is 6.04 Å². The Hall–Kier alpha value is -1.02. The Morgan fingerprint density at radius 2 is 2.00 bits per heavy atom. The molecule has 1 saturated carbocycles. The molecular weight excluding hydrogens is 222 g/mol. The van der Waals surface area contributed by atoms with Crippen LogP contribution in [0.4, 0.5) is 0 Å². The molecule has 1 aliphatic carbocycles. The van der Waals surface area contributed by atoms with E-state index in [4.69, 9.17) is 4.74 Å². The number of benzene rings is 1. The Morgan fingerprint density at radius 3 is 2.61 bits per heavy atom. The predicted octanol–water partition coefficient (Wildman–Crippen LogP) is 3.41. The largest absolute Gasteiger partial charge is 0.493 e. The highest BCUT2D eigenvalue weighted by Gasteiger charge is 2.21. The van der Waals surface area contributed by atoms with Gasteiger partial charge in [-0.1, -0.05) is 19.1 Å². The zero-order valence-electron chi connectivity index (χ0n) is 11.6. The van der Waals surface area contributed by atoms with Gasteiger partial charge in [0, 0.05) is 6.04 Å². The van der Waals surface area contributed by atoms with Crippen LogP contribution in [-0.4, -0.2) is 19.2 Å². The topological polar surface area (TPSA) is 21.3 Å². The summed E-state index contributed by atoms with van der Waals surface area (Å²) >= 11 is 0. The fourth-order valence-corrected chi connectivity index (χ4v) is 2.04. The number of hydrogen-bond acceptors (Lipinski definition) is 2. The van der Waals surface area contributed by atoms with E-state index in [1.165, 1.54) is 24.8 Å². The van der Waals surface area contributed by atoms with Crippen LogP contribution in [0.5, 0.6) is 5.75 Å². The third-order valence-corrected chi connectivity index (χ3v) is 3.39. The van der Waals surface area contributed by atoms with Gasteiger partial charge in [-0.3, -0.25) is 0 Å². The lowest BCUT2D eigenvalue weighted by atomic mass is 10.1. The first kappa shape index (κ1) is 13.4. The van der Waals surface area contributed by atoms with E-state index < -0.39 is 0 Å². The maximum atomic E-state index is 5.74. The molecule has 1 aliphatic rings. The number of rotatable bonds is 8. The Balaban J connectivity index is 1.75. The van der Waals surface area contributed by atoms with Crippen LogP contribution >= 0.6 is 0 Å². The summed E-state index contributed by atoms with van der Waals surface area (Å²) in [4.78, 5) is 0. The Bertz CT molecular complexity index is 343. The van der Waals surface area contributed by atoms with Crippen molar-refractivity contribution in [3.8, 4) is 5.75 Å². The van der Waals surface area contributed by atoms with Gasteiger partial charge in [-0.05, 0) is 62.8 Å². The van der Waals surface area contributed by atoms with Crippen LogP contribution in [0.25, 0.3) is 0 Å². The molecule has 2 nitrogen and oxygen atoms in total. The summed E-state index contributed by atoms with van der Waals surface area (Å²) in [6.45, 7) is 6.44. The summed E-state index contributed by atoms with van der Waals surface area (Å²) in [5.41, 5.74) is 1.38.